The minimum Gasteiger partial charge on any atom is -0.494 e. The van der Waals surface area contributed by atoms with E-state index in [9.17, 15) is 4.39 Å². The van der Waals surface area contributed by atoms with Crippen molar-refractivity contribution >= 4 is 0 Å². The van der Waals surface area contributed by atoms with E-state index < -0.39 is 0 Å². The van der Waals surface area contributed by atoms with Gasteiger partial charge in [-0.2, -0.15) is 10.2 Å². The molecule has 0 spiro atoms. The molecule has 1 aromatic heterocycles. The molecule has 0 amide bonds. The van der Waals surface area contributed by atoms with Gasteiger partial charge in [0.1, 0.15) is 0 Å². The van der Waals surface area contributed by atoms with Crippen LogP contribution in [0.3, 0.4) is 0 Å². The topological polar surface area (TPSA) is 61.0 Å². The second-order valence-corrected chi connectivity index (χ2v) is 3.92. The molecule has 2 aromatic rings. The van der Waals surface area contributed by atoms with Crippen LogP contribution in [0.5, 0.6) is 5.75 Å². The fraction of sp³-hybridized carbons (Fsp3) is 0.231. The molecule has 2 rings (SSSR count). The van der Waals surface area contributed by atoms with Gasteiger partial charge >= 0.3 is 0 Å². The van der Waals surface area contributed by atoms with Crippen molar-refractivity contribution in [2.45, 2.75) is 12.5 Å². The molecule has 0 aliphatic heterocycles. The molecule has 1 atom stereocenters. The standard InChI is InChI=1S/C13H14FN3O/c1-18-12-4-2-3-9(13(12)14)7-11(15)10-5-6-16-17-8-10/h2-6,8,11H,7,15H2,1H3. The number of methoxy groups -OCH3 is 1. The van der Waals surface area contributed by atoms with Crippen molar-refractivity contribution in [2.75, 3.05) is 7.11 Å². The van der Waals surface area contributed by atoms with Crippen molar-refractivity contribution in [3.8, 4) is 5.75 Å². The van der Waals surface area contributed by atoms with E-state index in [2.05, 4.69) is 10.2 Å². The summed E-state index contributed by atoms with van der Waals surface area (Å²) in [5.74, 6) is -0.134. The van der Waals surface area contributed by atoms with Crippen molar-refractivity contribution in [3.63, 3.8) is 0 Å². The predicted molar refractivity (Wildman–Crippen MR) is 65.6 cm³/mol. The van der Waals surface area contributed by atoms with Crippen LogP contribution in [-0.2, 0) is 6.42 Å². The number of benzene rings is 1. The quantitative estimate of drug-likeness (QED) is 0.895. The summed E-state index contributed by atoms with van der Waals surface area (Å²) in [7, 11) is 1.44. The molecule has 18 heavy (non-hydrogen) atoms. The number of nitrogens with zero attached hydrogens (tertiary/aromatic N) is 2. The molecule has 0 fully saturated rings. The van der Waals surface area contributed by atoms with Crippen LogP contribution in [0, 0.1) is 5.82 Å². The van der Waals surface area contributed by atoms with Crippen LogP contribution in [0.4, 0.5) is 4.39 Å². The number of aromatic nitrogens is 2. The maximum Gasteiger partial charge on any atom is 0.168 e. The third-order valence-corrected chi connectivity index (χ3v) is 2.74. The van der Waals surface area contributed by atoms with E-state index in [-0.39, 0.29) is 17.6 Å². The molecule has 0 saturated heterocycles. The molecule has 5 heteroatoms. The second-order valence-electron chi connectivity index (χ2n) is 3.92. The summed E-state index contributed by atoms with van der Waals surface area (Å²) in [6.45, 7) is 0. The Balaban J connectivity index is 2.19. The number of hydrogen-bond donors (Lipinski definition) is 1. The summed E-state index contributed by atoms with van der Waals surface area (Å²) in [4.78, 5) is 0. The van der Waals surface area contributed by atoms with E-state index in [1.165, 1.54) is 7.11 Å². The highest BCUT2D eigenvalue weighted by Gasteiger charge is 2.13. The summed E-state index contributed by atoms with van der Waals surface area (Å²) in [6.07, 6.45) is 3.54. The third kappa shape index (κ3) is 2.62. The Kier molecular flexibility index (Phi) is 3.84. The molecule has 1 heterocycles. The van der Waals surface area contributed by atoms with Crippen LogP contribution in [0.2, 0.25) is 0 Å². The predicted octanol–water partition coefficient (Wildman–Crippen LogP) is 1.87. The van der Waals surface area contributed by atoms with Gasteiger partial charge in [0.05, 0.1) is 13.3 Å². The van der Waals surface area contributed by atoms with E-state index in [0.717, 1.165) is 5.56 Å². The molecule has 0 radical (unpaired) electrons. The summed E-state index contributed by atoms with van der Waals surface area (Å²) in [5, 5.41) is 7.44. The van der Waals surface area contributed by atoms with Crippen molar-refractivity contribution in [2.24, 2.45) is 5.73 Å². The van der Waals surface area contributed by atoms with Gasteiger partial charge in [-0.3, -0.25) is 0 Å². The van der Waals surface area contributed by atoms with Gasteiger partial charge in [0.25, 0.3) is 0 Å². The van der Waals surface area contributed by atoms with Gasteiger partial charge in [-0.25, -0.2) is 4.39 Å². The van der Waals surface area contributed by atoms with E-state index in [4.69, 9.17) is 10.5 Å². The lowest BCUT2D eigenvalue weighted by molar-refractivity contribution is 0.383. The Morgan fingerprint density at radius 2 is 2.17 bits per heavy atom. The lowest BCUT2D eigenvalue weighted by atomic mass is 10.0. The first-order valence-electron chi connectivity index (χ1n) is 5.56. The molecular weight excluding hydrogens is 233 g/mol. The van der Waals surface area contributed by atoms with Crippen LogP contribution in [0.25, 0.3) is 0 Å². The second kappa shape index (κ2) is 5.55. The fourth-order valence-corrected chi connectivity index (χ4v) is 1.75. The largest absolute Gasteiger partial charge is 0.494 e. The van der Waals surface area contributed by atoms with Crippen LogP contribution in [-0.4, -0.2) is 17.3 Å². The highest BCUT2D eigenvalue weighted by Crippen LogP contribution is 2.23. The Labute approximate surface area is 105 Å². The molecule has 94 valence electrons. The number of ether oxygens (including phenoxy) is 1. The molecule has 1 unspecified atom stereocenters. The first kappa shape index (κ1) is 12.4. The Morgan fingerprint density at radius 1 is 1.33 bits per heavy atom. The van der Waals surface area contributed by atoms with Crippen LogP contribution >= 0.6 is 0 Å². The maximum absolute atomic E-state index is 13.9. The molecule has 0 aliphatic carbocycles. The molecular formula is C13H14FN3O. The SMILES string of the molecule is COc1cccc(CC(N)c2ccnnc2)c1F. The lowest BCUT2D eigenvalue weighted by Crippen LogP contribution is -2.14. The van der Waals surface area contributed by atoms with Gasteiger partial charge < -0.3 is 10.5 Å². The van der Waals surface area contributed by atoms with E-state index in [0.29, 0.717) is 12.0 Å². The molecule has 0 saturated carbocycles. The number of hydrogen-bond acceptors (Lipinski definition) is 4. The summed E-state index contributed by atoms with van der Waals surface area (Å²) in [6, 6.07) is 6.48. The summed E-state index contributed by atoms with van der Waals surface area (Å²) < 4.78 is 18.9. The Hall–Kier alpha value is -2.01. The fourth-order valence-electron chi connectivity index (χ4n) is 1.75. The van der Waals surface area contributed by atoms with E-state index in [1.54, 1.807) is 36.7 Å². The molecule has 1 aromatic carbocycles. The number of halogens is 1. The van der Waals surface area contributed by atoms with Crippen molar-refractivity contribution < 1.29 is 9.13 Å². The first-order valence-corrected chi connectivity index (χ1v) is 5.56. The average molecular weight is 247 g/mol. The van der Waals surface area contributed by atoms with Crippen molar-refractivity contribution in [1.82, 2.24) is 10.2 Å². The zero-order chi connectivity index (χ0) is 13.0. The maximum atomic E-state index is 13.9. The highest BCUT2D eigenvalue weighted by molar-refractivity contribution is 5.32. The van der Waals surface area contributed by atoms with E-state index >= 15 is 0 Å². The van der Waals surface area contributed by atoms with Gasteiger partial charge in [-0.15, -0.1) is 0 Å². The lowest BCUT2D eigenvalue weighted by Gasteiger charge is -2.13. The van der Waals surface area contributed by atoms with Crippen molar-refractivity contribution in [1.29, 1.82) is 0 Å². The first-order chi connectivity index (χ1) is 8.72. The third-order valence-electron chi connectivity index (χ3n) is 2.74. The Bertz CT molecular complexity index is 519. The summed E-state index contributed by atoms with van der Waals surface area (Å²) in [5.41, 5.74) is 7.36. The zero-order valence-corrected chi connectivity index (χ0v) is 10.0. The number of nitrogens with two attached hydrogens (primary N) is 1. The van der Waals surface area contributed by atoms with Gasteiger partial charge in [0.2, 0.25) is 0 Å². The van der Waals surface area contributed by atoms with Crippen LogP contribution < -0.4 is 10.5 Å². The molecule has 0 bridgehead atoms. The Morgan fingerprint density at radius 3 is 2.83 bits per heavy atom. The molecule has 2 N–H and O–H groups in total. The molecule has 0 aliphatic rings. The minimum atomic E-state index is -0.363. The highest BCUT2D eigenvalue weighted by atomic mass is 19.1. The monoisotopic (exact) mass is 247 g/mol. The zero-order valence-electron chi connectivity index (χ0n) is 10.0. The minimum absolute atomic E-state index is 0.229. The normalized spacial score (nSPS) is 12.2. The summed E-state index contributed by atoms with van der Waals surface area (Å²) >= 11 is 0. The van der Waals surface area contributed by atoms with Gasteiger partial charge in [0.15, 0.2) is 11.6 Å². The van der Waals surface area contributed by atoms with Crippen molar-refractivity contribution in [3.05, 3.63) is 53.6 Å². The van der Waals surface area contributed by atoms with E-state index in [1.807, 2.05) is 0 Å². The van der Waals surface area contributed by atoms with Crippen LogP contribution in [0.15, 0.2) is 36.7 Å². The smallest absolute Gasteiger partial charge is 0.168 e. The van der Waals surface area contributed by atoms with Gasteiger partial charge in [0, 0.05) is 12.2 Å². The molecule has 4 nitrogen and oxygen atoms in total. The average Bonchev–Trinajstić information content (AvgIpc) is 2.42. The van der Waals surface area contributed by atoms with Gasteiger partial charge in [-0.05, 0) is 29.7 Å². The van der Waals surface area contributed by atoms with Crippen LogP contribution in [0.1, 0.15) is 17.2 Å². The van der Waals surface area contributed by atoms with Gasteiger partial charge in [-0.1, -0.05) is 12.1 Å². The number of rotatable bonds is 4.